The minimum atomic E-state index is -1.22. The summed E-state index contributed by atoms with van der Waals surface area (Å²) in [6.45, 7) is 1.76. The van der Waals surface area contributed by atoms with Gasteiger partial charge in [-0.25, -0.2) is 4.79 Å². The highest BCUT2D eigenvalue weighted by atomic mass is 79.9. The number of benzene rings is 1. The fraction of sp³-hybridized carbons (Fsp3) is 0.500. The second-order valence-electron chi connectivity index (χ2n) is 6.28. The summed E-state index contributed by atoms with van der Waals surface area (Å²) < 4.78 is 0.745. The Morgan fingerprint density at radius 3 is 2.52 bits per heavy atom. The molecule has 6 nitrogen and oxygen atoms in total. The van der Waals surface area contributed by atoms with E-state index in [0.29, 0.717) is 17.7 Å². The molecule has 1 saturated carbocycles. The zero-order valence-electron chi connectivity index (χ0n) is 14.2. The number of carbonyl (C=O) groups is 3. The number of Topliss-reactive ketones (excluding diaryl/α,β-unsaturated/α-hetero) is 1. The number of hydrogen-bond acceptors (Lipinski definition) is 3. The van der Waals surface area contributed by atoms with E-state index < -0.39 is 18.0 Å². The lowest BCUT2D eigenvalue weighted by Crippen LogP contribution is -2.48. The molecule has 2 rings (SSSR count). The summed E-state index contributed by atoms with van der Waals surface area (Å²) in [5, 5.41) is 14.2. The van der Waals surface area contributed by atoms with Crippen molar-refractivity contribution in [3.8, 4) is 0 Å². The van der Waals surface area contributed by atoms with E-state index in [2.05, 4.69) is 26.6 Å². The van der Waals surface area contributed by atoms with Crippen LogP contribution in [-0.2, 0) is 4.79 Å². The second kappa shape index (κ2) is 8.99. The van der Waals surface area contributed by atoms with E-state index in [1.165, 1.54) is 0 Å². The number of hydrogen-bond donors (Lipinski definition) is 3. The van der Waals surface area contributed by atoms with Gasteiger partial charge in [0.05, 0.1) is 5.69 Å². The molecular formula is C18H23BrN2O4. The van der Waals surface area contributed by atoms with Gasteiger partial charge >= 0.3 is 6.09 Å². The van der Waals surface area contributed by atoms with E-state index in [-0.39, 0.29) is 11.7 Å². The summed E-state index contributed by atoms with van der Waals surface area (Å²) in [4.78, 5) is 36.0. The van der Waals surface area contributed by atoms with Crippen molar-refractivity contribution in [1.29, 1.82) is 0 Å². The third-order valence-corrected chi connectivity index (χ3v) is 5.04. The normalized spacial score (nSPS) is 16.1. The van der Waals surface area contributed by atoms with Crippen LogP contribution in [0.3, 0.4) is 0 Å². The lowest BCUT2D eigenvalue weighted by Gasteiger charge is -2.29. The number of ketones is 1. The molecule has 7 heteroatoms. The van der Waals surface area contributed by atoms with Crippen molar-refractivity contribution < 1.29 is 19.5 Å². The Balaban J connectivity index is 2.22. The molecule has 1 aromatic rings. The van der Waals surface area contributed by atoms with Crippen LogP contribution in [0.5, 0.6) is 0 Å². The molecule has 1 aliphatic rings. The molecule has 1 aromatic carbocycles. The number of rotatable bonds is 6. The molecule has 1 aliphatic carbocycles. The molecule has 25 heavy (non-hydrogen) atoms. The van der Waals surface area contributed by atoms with Gasteiger partial charge in [0.1, 0.15) is 6.04 Å². The molecule has 2 amide bonds. The van der Waals surface area contributed by atoms with Crippen molar-refractivity contribution >= 4 is 39.4 Å². The summed E-state index contributed by atoms with van der Waals surface area (Å²) in [5.41, 5.74) is 0.830. The predicted molar refractivity (Wildman–Crippen MR) is 98.9 cm³/mol. The van der Waals surface area contributed by atoms with Crippen LogP contribution >= 0.6 is 15.9 Å². The van der Waals surface area contributed by atoms with E-state index in [4.69, 9.17) is 5.11 Å². The lowest BCUT2D eigenvalue weighted by molar-refractivity contribution is -0.119. The molecule has 1 unspecified atom stereocenters. The average Bonchev–Trinajstić information content (AvgIpc) is 2.61. The van der Waals surface area contributed by atoms with Gasteiger partial charge in [0, 0.05) is 16.5 Å². The van der Waals surface area contributed by atoms with Crippen molar-refractivity contribution in [2.24, 2.45) is 5.92 Å². The summed E-state index contributed by atoms with van der Waals surface area (Å²) in [6, 6.07) is 4.25. The minimum Gasteiger partial charge on any atom is -0.465 e. The standard InChI is InChI=1S/C18H23BrN2O4/c1-2-15(22)13-10-12(19)8-9-14(13)20-17(23)16(21-18(24)25)11-6-4-3-5-7-11/h8-11,16,21H,2-7H2,1H3,(H,20,23)(H,24,25). The van der Waals surface area contributed by atoms with Crippen LogP contribution in [0.25, 0.3) is 0 Å². The SMILES string of the molecule is CCC(=O)c1cc(Br)ccc1NC(=O)C(NC(=O)O)C1CCCCC1. The number of amides is 2. The molecule has 0 aromatic heterocycles. The van der Waals surface area contributed by atoms with Gasteiger partial charge in [-0.15, -0.1) is 0 Å². The predicted octanol–water partition coefficient (Wildman–Crippen LogP) is 4.20. The molecule has 0 saturated heterocycles. The maximum absolute atomic E-state index is 12.7. The first-order valence-corrected chi connectivity index (χ1v) is 9.34. The van der Waals surface area contributed by atoms with Crippen LogP contribution in [0.1, 0.15) is 55.8 Å². The maximum atomic E-state index is 12.7. The smallest absolute Gasteiger partial charge is 0.405 e. The molecule has 0 heterocycles. The molecular weight excluding hydrogens is 388 g/mol. The molecule has 0 radical (unpaired) electrons. The zero-order chi connectivity index (χ0) is 18.4. The topological polar surface area (TPSA) is 95.5 Å². The summed E-state index contributed by atoms with van der Waals surface area (Å²) in [5.74, 6) is -0.524. The number of carboxylic acid groups (broad SMARTS) is 1. The first kappa shape index (κ1) is 19.4. The van der Waals surface area contributed by atoms with Crippen molar-refractivity contribution in [2.45, 2.75) is 51.5 Å². The number of nitrogens with one attached hydrogen (secondary N) is 2. The maximum Gasteiger partial charge on any atom is 0.405 e. The molecule has 0 spiro atoms. The third-order valence-electron chi connectivity index (χ3n) is 4.54. The molecule has 136 valence electrons. The summed E-state index contributed by atoms with van der Waals surface area (Å²) >= 11 is 3.33. The van der Waals surface area contributed by atoms with E-state index in [9.17, 15) is 14.4 Å². The Morgan fingerprint density at radius 2 is 1.92 bits per heavy atom. The number of anilines is 1. The van der Waals surface area contributed by atoms with Gasteiger partial charge in [0.2, 0.25) is 5.91 Å². The van der Waals surface area contributed by atoms with E-state index >= 15 is 0 Å². The van der Waals surface area contributed by atoms with Crippen molar-refractivity contribution in [2.75, 3.05) is 5.32 Å². The van der Waals surface area contributed by atoms with Crippen molar-refractivity contribution in [3.05, 3.63) is 28.2 Å². The largest absolute Gasteiger partial charge is 0.465 e. The Hall–Kier alpha value is -1.89. The Kier molecular flexibility index (Phi) is 6.99. The van der Waals surface area contributed by atoms with E-state index in [1.54, 1.807) is 25.1 Å². The first-order chi connectivity index (χ1) is 11.9. The highest BCUT2D eigenvalue weighted by Crippen LogP contribution is 2.28. The first-order valence-electron chi connectivity index (χ1n) is 8.55. The van der Waals surface area contributed by atoms with Gasteiger partial charge in [-0.05, 0) is 37.0 Å². The zero-order valence-corrected chi connectivity index (χ0v) is 15.8. The van der Waals surface area contributed by atoms with Gasteiger partial charge in [-0.3, -0.25) is 9.59 Å². The monoisotopic (exact) mass is 410 g/mol. The van der Waals surface area contributed by atoms with Crippen LogP contribution in [0.15, 0.2) is 22.7 Å². The number of carbonyl (C=O) groups excluding carboxylic acids is 2. The summed E-state index contributed by atoms with van der Waals surface area (Å²) in [7, 11) is 0. The van der Waals surface area contributed by atoms with Crippen LogP contribution < -0.4 is 10.6 Å². The highest BCUT2D eigenvalue weighted by molar-refractivity contribution is 9.10. The Morgan fingerprint density at radius 1 is 1.24 bits per heavy atom. The van der Waals surface area contributed by atoms with Gasteiger partial charge in [-0.1, -0.05) is 42.1 Å². The van der Waals surface area contributed by atoms with Gasteiger partial charge in [-0.2, -0.15) is 0 Å². The highest BCUT2D eigenvalue weighted by Gasteiger charge is 2.31. The molecule has 1 fully saturated rings. The number of halogens is 1. The van der Waals surface area contributed by atoms with Gasteiger partial charge in [0.25, 0.3) is 0 Å². The average molecular weight is 411 g/mol. The summed E-state index contributed by atoms with van der Waals surface area (Å²) in [6.07, 6.45) is 3.84. The van der Waals surface area contributed by atoms with Crippen molar-refractivity contribution in [3.63, 3.8) is 0 Å². The second-order valence-corrected chi connectivity index (χ2v) is 7.20. The van der Waals surface area contributed by atoms with Gasteiger partial charge in [0.15, 0.2) is 5.78 Å². The third kappa shape index (κ3) is 5.29. The van der Waals surface area contributed by atoms with E-state index in [1.807, 2.05) is 0 Å². The fourth-order valence-corrected chi connectivity index (χ4v) is 3.62. The van der Waals surface area contributed by atoms with Crippen molar-refractivity contribution in [1.82, 2.24) is 5.32 Å². The van der Waals surface area contributed by atoms with Crippen LogP contribution in [0.4, 0.5) is 10.5 Å². The Bertz CT molecular complexity index is 656. The molecule has 0 aliphatic heterocycles. The fourth-order valence-electron chi connectivity index (χ4n) is 3.26. The minimum absolute atomic E-state index is 0.0226. The van der Waals surface area contributed by atoms with E-state index in [0.717, 1.165) is 36.6 Å². The molecule has 3 N–H and O–H groups in total. The molecule has 0 bridgehead atoms. The Labute approximate surface area is 155 Å². The quantitative estimate of drug-likeness (QED) is 0.612. The van der Waals surface area contributed by atoms with Crippen LogP contribution in [0.2, 0.25) is 0 Å². The lowest BCUT2D eigenvalue weighted by atomic mass is 9.83. The van der Waals surface area contributed by atoms with Crippen LogP contribution in [-0.4, -0.2) is 28.9 Å². The van der Waals surface area contributed by atoms with Crippen LogP contribution in [0, 0.1) is 5.92 Å². The molecule has 1 atom stereocenters. The van der Waals surface area contributed by atoms with Gasteiger partial charge < -0.3 is 15.7 Å².